The maximum atomic E-state index is 13.0. The number of rotatable bonds is 3. The third-order valence-corrected chi connectivity index (χ3v) is 7.21. The number of carbonyl (C=O) groups is 1. The molecule has 0 amide bonds. The van der Waals surface area contributed by atoms with Crippen LogP contribution < -0.4 is 4.98 Å². The van der Waals surface area contributed by atoms with Crippen LogP contribution in [0.1, 0.15) is 27.2 Å². The molecule has 2 aromatic heterocycles. The number of hydrogen-bond acceptors (Lipinski definition) is 3. The third kappa shape index (κ3) is 5.01. The monoisotopic (exact) mass is 718 g/mol. The van der Waals surface area contributed by atoms with Crippen molar-refractivity contribution in [2.45, 2.75) is 0 Å². The van der Waals surface area contributed by atoms with Crippen molar-refractivity contribution in [3.63, 3.8) is 0 Å². The number of pyridine rings is 1. The van der Waals surface area contributed by atoms with Gasteiger partial charge in [0.05, 0.1) is 11.2 Å². The Bertz CT molecular complexity index is 1980. The molecular formula is C37H23IrN3O-2. The minimum atomic E-state index is 0. The number of aromatic nitrogens is 2. The molecule has 0 saturated heterocycles. The van der Waals surface area contributed by atoms with E-state index in [0.717, 1.165) is 66.9 Å². The van der Waals surface area contributed by atoms with Crippen LogP contribution in [-0.2, 0) is 20.1 Å². The summed E-state index contributed by atoms with van der Waals surface area (Å²) >= 11 is 0. The molecule has 1 aliphatic heterocycles. The number of hydrogen-bond donors (Lipinski definition) is 0. The van der Waals surface area contributed by atoms with Crippen LogP contribution in [0, 0.1) is 6.07 Å². The van der Waals surface area contributed by atoms with Crippen LogP contribution in [0.3, 0.4) is 0 Å². The summed E-state index contributed by atoms with van der Waals surface area (Å²) < 4.78 is 0. The molecule has 8 rings (SSSR count). The summed E-state index contributed by atoms with van der Waals surface area (Å²) in [5.41, 5.74) is 10.2. The van der Waals surface area contributed by atoms with E-state index in [4.69, 9.17) is 4.98 Å². The SMILES string of the molecule is C1=C/C(=C(\c2ccccc2)c2ccc[n-]2)N=C1.O=C1c2ccccc2-c2cccc3nc(-c4[c-]cccc4)cc1c23.[Ir]. The zero-order valence-corrected chi connectivity index (χ0v) is 24.8. The fourth-order valence-electron chi connectivity index (χ4n) is 5.37. The van der Waals surface area contributed by atoms with Crippen LogP contribution in [0.25, 0.3) is 38.9 Å². The first-order valence-electron chi connectivity index (χ1n) is 13.4. The number of benzene rings is 4. The first-order valence-corrected chi connectivity index (χ1v) is 13.4. The van der Waals surface area contributed by atoms with Crippen molar-refractivity contribution in [2.75, 3.05) is 0 Å². The normalized spacial score (nSPS) is 13.7. The zero-order chi connectivity index (χ0) is 27.6. The first-order chi connectivity index (χ1) is 20.3. The molecule has 0 bridgehead atoms. The van der Waals surface area contributed by atoms with Gasteiger partial charge in [-0.25, -0.2) is 0 Å². The van der Waals surface area contributed by atoms with Crippen LogP contribution in [0.15, 0.2) is 144 Å². The van der Waals surface area contributed by atoms with E-state index < -0.39 is 0 Å². The van der Waals surface area contributed by atoms with E-state index in [0.29, 0.717) is 0 Å². The third-order valence-electron chi connectivity index (χ3n) is 7.21. The van der Waals surface area contributed by atoms with Crippen LogP contribution >= 0.6 is 0 Å². The van der Waals surface area contributed by atoms with Gasteiger partial charge in [-0.1, -0.05) is 84.9 Å². The molecule has 0 saturated carbocycles. The second-order valence-corrected chi connectivity index (χ2v) is 9.69. The minimum absolute atomic E-state index is 0. The fourth-order valence-corrected chi connectivity index (χ4v) is 5.37. The van der Waals surface area contributed by atoms with Gasteiger partial charge in [0.15, 0.2) is 5.78 Å². The van der Waals surface area contributed by atoms with Crippen molar-refractivity contribution in [1.82, 2.24) is 9.97 Å². The van der Waals surface area contributed by atoms with Crippen molar-refractivity contribution in [3.8, 4) is 22.4 Å². The first kappa shape index (κ1) is 27.2. The van der Waals surface area contributed by atoms with E-state index in [1.54, 1.807) is 12.4 Å². The topological polar surface area (TPSA) is 56.4 Å². The van der Waals surface area contributed by atoms with Gasteiger partial charge in [0.2, 0.25) is 0 Å². The summed E-state index contributed by atoms with van der Waals surface area (Å²) in [6.07, 6.45) is 7.57. The summed E-state index contributed by atoms with van der Waals surface area (Å²) in [6.45, 7) is 0. The van der Waals surface area contributed by atoms with Gasteiger partial charge in [0.1, 0.15) is 0 Å². The van der Waals surface area contributed by atoms with Crippen molar-refractivity contribution in [3.05, 3.63) is 168 Å². The van der Waals surface area contributed by atoms with Gasteiger partial charge in [-0.3, -0.25) is 14.8 Å². The Hall–Kier alpha value is -4.96. The van der Waals surface area contributed by atoms with Gasteiger partial charge in [-0.2, -0.15) is 6.20 Å². The summed E-state index contributed by atoms with van der Waals surface area (Å²) in [5.74, 6) is 0.0638. The Morgan fingerprint density at radius 1 is 0.738 bits per heavy atom. The van der Waals surface area contributed by atoms with Gasteiger partial charge in [0.25, 0.3) is 0 Å². The number of nitrogens with zero attached hydrogens (tertiary/aromatic N) is 3. The van der Waals surface area contributed by atoms with E-state index in [1.807, 2.05) is 109 Å². The smallest absolute Gasteiger partial charge is 0.193 e. The maximum absolute atomic E-state index is 13.0. The maximum Gasteiger partial charge on any atom is 0.193 e. The molecule has 6 aromatic rings. The van der Waals surface area contributed by atoms with Crippen LogP contribution in [0.2, 0.25) is 0 Å². The molecule has 1 aliphatic carbocycles. The molecule has 0 unspecified atom stereocenters. The zero-order valence-electron chi connectivity index (χ0n) is 22.4. The van der Waals surface area contributed by atoms with E-state index in [9.17, 15) is 4.79 Å². The fraction of sp³-hybridized carbons (Fsp3) is 0. The van der Waals surface area contributed by atoms with Crippen molar-refractivity contribution < 1.29 is 24.9 Å². The van der Waals surface area contributed by atoms with E-state index in [2.05, 4.69) is 34.2 Å². The van der Waals surface area contributed by atoms with E-state index in [-0.39, 0.29) is 25.9 Å². The van der Waals surface area contributed by atoms with Gasteiger partial charge in [-0.05, 0) is 46.2 Å². The summed E-state index contributed by atoms with van der Waals surface area (Å²) in [7, 11) is 0. The number of fused-ring (bicyclic) bond motifs is 2. The molecule has 1 radical (unpaired) electrons. The molecule has 0 atom stereocenters. The molecule has 4 nitrogen and oxygen atoms in total. The summed E-state index contributed by atoms with van der Waals surface area (Å²) in [5, 5.41) is 0.945. The summed E-state index contributed by atoms with van der Waals surface area (Å²) in [4.78, 5) is 26.6. The van der Waals surface area contributed by atoms with Crippen LogP contribution in [0.5, 0.6) is 0 Å². The second-order valence-electron chi connectivity index (χ2n) is 9.69. The van der Waals surface area contributed by atoms with E-state index in [1.165, 1.54) is 0 Å². The molecule has 5 heteroatoms. The average molecular weight is 718 g/mol. The molecule has 3 heterocycles. The number of allylic oxidation sites excluding steroid dienone is 2. The number of aliphatic imine (C=N–C) groups is 1. The molecule has 203 valence electrons. The standard InChI is InChI=1S/C22H12NO.C15H11N2.Ir/c24-22-17-10-5-4-9-15(17)16-11-6-12-19-21(16)18(22)13-20(23-19)14-7-2-1-3-8-14;1-2-6-12(7-3-1)15(13-8-4-10-16-13)14-9-5-11-17-14;/h1-7,9-13H;1-11H;/q2*-1;/b;15-13-;. The van der Waals surface area contributed by atoms with Gasteiger partial charge in [-0.15, -0.1) is 41.6 Å². The summed E-state index contributed by atoms with van der Waals surface area (Å²) in [6, 6.07) is 40.8. The van der Waals surface area contributed by atoms with Gasteiger partial charge in [0, 0.05) is 42.8 Å². The van der Waals surface area contributed by atoms with Crippen molar-refractivity contribution >= 4 is 28.5 Å². The van der Waals surface area contributed by atoms with Crippen LogP contribution in [0.4, 0.5) is 0 Å². The molecule has 0 N–H and O–H groups in total. The average Bonchev–Trinajstić information content (AvgIpc) is 3.77. The van der Waals surface area contributed by atoms with Gasteiger partial charge < -0.3 is 4.98 Å². The molecule has 2 aliphatic rings. The van der Waals surface area contributed by atoms with Crippen molar-refractivity contribution in [2.24, 2.45) is 4.99 Å². The molecule has 0 fully saturated rings. The van der Waals surface area contributed by atoms with Gasteiger partial charge >= 0.3 is 0 Å². The Morgan fingerprint density at radius 3 is 2.26 bits per heavy atom. The predicted molar refractivity (Wildman–Crippen MR) is 165 cm³/mol. The molecule has 4 aromatic carbocycles. The Balaban J connectivity index is 0.000000155. The second kappa shape index (κ2) is 11.9. The predicted octanol–water partition coefficient (Wildman–Crippen LogP) is 7.95. The Kier molecular flexibility index (Phi) is 7.70. The quantitative estimate of drug-likeness (QED) is 0.175. The molecule has 42 heavy (non-hydrogen) atoms. The van der Waals surface area contributed by atoms with Crippen molar-refractivity contribution in [1.29, 1.82) is 0 Å². The van der Waals surface area contributed by atoms with Crippen LogP contribution in [-0.4, -0.2) is 17.0 Å². The Labute approximate surface area is 257 Å². The largest absolute Gasteiger partial charge is 0.664 e. The number of ketones is 1. The minimum Gasteiger partial charge on any atom is -0.664 e. The Morgan fingerprint density at radius 2 is 1.52 bits per heavy atom. The van der Waals surface area contributed by atoms with E-state index >= 15 is 0 Å². The molecular weight excluding hydrogens is 695 g/mol. The number of carbonyl (C=O) groups excluding carboxylic acids is 1. The molecule has 0 spiro atoms.